The highest BCUT2D eigenvalue weighted by atomic mass is 33.1. The van der Waals surface area contributed by atoms with Gasteiger partial charge in [-0.1, -0.05) is 0 Å². The molecule has 0 fully saturated rings. The van der Waals surface area contributed by atoms with Crippen LogP contribution in [-0.4, -0.2) is 21.4 Å². The van der Waals surface area contributed by atoms with Gasteiger partial charge in [-0.15, -0.1) is 0 Å². The molecule has 1 rings (SSSR count). The van der Waals surface area contributed by atoms with E-state index in [4.69, 9.17) is 4.55 Å². The van der Waals surface area contributed by atoms with Gasteiger partial charge >= 0.3 is 10.1 Å². The Labute approximate surface area is 66.9 Å². The minimum Gasteiger partial charge on any atom is -0.304 e. The van der Waals surface area contributed by atoms with Gasteiger partial charge in [-0.2, -0.15) is 8.42 Å². The average Bonchev–Trinajstić information content (AvgIpc) is 2.07. The molecule has 0 saturated carbocycles. The van der Waals surface area contributed by atoms with Crippen LogP contribution in [0.5, 0.6) is 0 Å². The highest BCUT2D eigenvalue weighted by Gasteiger charge is 2.26. The van der Waals surface area contributed by atoms with Gasteiger partial charge in [-0.3, -0.25) is 4.55 Å². The zero-order valence-electron chi connectivity index (χ0n) is 4.88. The first kappa shape index (κ1) is 8.84. The standard InChI is InChI=1S/C2H3NO5S3/c4-10(5)1-2(3-9-10)11(6,7)8/h1,3H,(H,6,7,8). The van der Waals surface area contributed by atoms with Gasteiger partial charge < -0.3 is 4.72 Å². The van der Waals surface area contributed by atoms with Gasteiger partial charge in [0.1, 0.15) is 0 Å². The minimum atomic E-state index is -4.42. The molecule has 0 radical (unpaired) electrons. The summed E-state index contributed by atoms with van der Waals surface area (Å²) < 4.78 is 51.9. The Hall–Kier alpha value is -0.250. The highest BCUT2D eigenvalue weighted by molar-refractivity contribution is 8.72. The second kappa shape index (κ2) is 2.37. The molecular weight excluding hydrogens is 214 g/mol. The van der Waals surface area contributed by atoms with Crippen LogP contribution in [0.3, 0.4) is 0 Å². The van der Waals surface area contributed by atoms with Crippen molar-refractivity contribution >= 4 is 30.0 Å². The summed E-state index contributed by atoms with van der Waals surface area (Å²) in [5, 5.41) is -0.255. The molecule has 64 valence electrons. The van der Waals surface area contributed by atoms with Crippen LogP contribution in [0.15, 0.2) is 10.4 Å². The predicted octanol–water partition coefficient (Wildman–Crippen LogP) is -0.746. The molecule has 6 nitrogen and oxygen atoms in total. The number of hydrogen-bond acceptors (Lipinski definition) is 6. The van der Waals surface area contributed by atoms with Crippen LogP contribution in [0, 0.1) is 0 Å². The molecule has 0 saturated heterocycles. The third-order valence-electron chi connectivity index (χ3n) is 0.788. The van der Waals surface area contributed by atoms with Crippen LogP contribution < -0.4 is 4.72 Å². The summed E-state index contributed by atoms with van der Waals surface area (Å²) in [5.41, 5.74) is 0. The van der Waals surface area contributed by atoms with Crippen LogP contribution in [0.4, 0.5) is 0 Å². The number of hydrogen-bond donors (Lipinski definition) is 2. The predicted molar refractivity (Wildman–Crippen MR) is 39.3 cm³/mol. The van der Waals surface area contributed by atoms with Crippen molar-refractivity contribution in [1.82, 2.24) is 4.72 Å². The summed E-state index contributed by atoms with van der Waals surface area (Å²) in [7, 11) is -7.77. The van der Waals surface area contributed by atoms with E-state index in [2.05, 4.69) is 0 Å². The molecule has 0 aromatic carbocycles. The van der Waals surface area contributed by atoms with Crippen molar-refractivity contribution in [3.05, 3.63) is 10.4 Å². The topological polar surface area (TPSA) is 101 Å². The fourth-order valence-corrected chi connectivity index (χ4v) is 3.90. The van der Waals surface area contributed by atoms with Gasteiger partial charge in [0.25, 0.3) is 0 Å². The molecule has 11 heavy (non-hydrogen) atoms. The lowest BCUT2D eigenvalue weighted by Gasteiger charge is -1.93. The van der Waals surface area contributed by atoms with Crippen molar-refractivity contribution in [2.75, 3.05) is 0 Å². The van der Waals surface area contributed by atoms with E-state index < -0.39 is 24.0 Å². The van der Waals surface area contributed by atoms with Crippen molar-refractivity contribution in [3.63, 3.8) is 0 Å². The number of nitrogens with one attached hydrogen (secondary N) is 1. The molecule has 0 unspecified atom stereocenters. The summed E-state index contributed by atoms with van der Waals surface area (Å²) in [5.74, 6) is 0. The SMILES string of the molecule is O=S1(=O)C=C(S(=O)(=O)O)NS1. The lowest BCUT2D eigenvalue weighted by molar-refractivity contribution is 0.489. The molecule has 0 aromatic heterocycles. The molecule has 0 amide bonds. The van der Waals surface area contributed by atoms with Crippen LogP contribution >= 0.6 is 11.0 Å². The maximum absolute atomic E-state index is 10.5. The fraction of sp³-hybridized carbons (Fsp3) is 0. The Morgan fingerprint density at radius 2 is 2.09 bits per heavy atom. The first-order valence-corrected chi connectivity index (χ1v) is 6.52. The summed E-state index contributed by atoms with van der Waals surface area (Å²) in [6.45, 7) is 0. The van der Waals surface area contributed by atoms with Gasteiger partial charge in [0.05, 0.1) is 16.4 Å². The van der Waals surface area contributed by atoms with Crippen LogP contribution in [0.2, 0.25) is 0 Å². The van der Waals surface area contributed by atoms with Crippen molar-refractivity contribution in [2.24, 2.45) is 0 Å². The Morgan fingerprint density at radius 3 is 2.27 bits per heavy atom. The lowest BCUT2D eigenvalue weighted by Crippen LogP contribution is -2.09. The first-order chi connectivity index (χ1) is 4.81. The van der Waals surface area contributed by atoms with Gasteiger partial charge in [0.15, 0.2) is 5.03 Å². The minimum absolute atomic E-state index is 0.225. The summed E-state index contributed by atoms with van der Waals surface area (Å²) in [4.78, 5) is 0. The van der Waals surface area contributed by atoms with Crippen molar-refractivity contribution in [3.8, 4) is 0 Å². The molecule has 1 aliphatic rings. The Morgan fingerprint density at radius 1 is 1.55 bits per heavy atom. The van der Waals surface area contributed by atoms with Crippen LogP contribution in [-0.2, 0) is 19.0 Å². The molecule has 0 atom stereocenters. The van der Waals surface area contributed by atoms with Crippen molar-refractivity contribution in [1.29, 1.82) is 0 Å². The van der Waals surface area contributed by atoms with Gasteiger partial charge in [-0.25, -0.2) is 8.42 Å². The highest BCUT2D eigenvalue weighted by Crippen LogP contribution is 2.23. The Balaban J connectivity index is 3.17. The van der Waals surface area contributed by atoms with E-state index in [-0.39, 0.29) is 11.0 Å². The molecule has 1 heterocycles. The zero-order chi connectivity index (χ0) is 8.70. The van der Waals surface area contributed by atoms with Gasteiger partial charge in [-0.05, 0) is 0 Å². The first-order valence-electron chi connectivity index (χ1n) is 2.20. The van der Waals surface area contributed by atoms with Crippen LogP contribution in [0.25, 0.3) is 0 Å². The van der Waals surface area contributed by atoms with E-state index in [0.717, 1.165) is 0 Å². The quantitative estimate of drug-likeness (QED) is 0.338. The van der Waals surface area contributed by atoms with E-state index in [1.54, 1.807) is 0 Å². The molecule has 0 bridgehead atoms. The summed E-state index contributed by atoms with van der Waals surface area (Å²) in [6.07, 6.45) is 0. The monoisotopic (exact) mass is 217 g/mol. The van der Waals surface area contributed by atoms with Gasteiger partial charge in [0, 0.05) is 0 Å². The largest absolute Gasteiger partial charge is 0.311 e. The van der Waals surface area contributed by atoms with E-state index >= 15 is 0 Å². The molecule has 0 spiro atoms. The molecular formula is C2H3NO5S3. The van der Waals surface area contributed by atoms with E-state index in [1.807, 2.05) is 4.72 Å². The molecule has 0 aromatic rings. The smallest absolute Gasteiger partial charge is 0.304 e. The Bertz CT molecular complexity index is 387. The van der Waals surface area contributed by atoms with Crippen LogP contribution in [0.1, 0.15) is 0 Å². The average molecular weight is 217 g/mol. The maximum Gasteiger partial charge on any atom is 0.311 e. The second-order valence-electron chi connectivity index (χ2n) is 1.64. The third-order valence-corrected chi connectivity index (χ3v) is 4.14. The fourth-order valence-electron chi connectivity index (χ4n) is 0.392. The maximum atomic E-state index is 10.5. The third kappa shape index (κ3) is 2.09. The molecule has 2 N–H and O–H groups in total. The molecule has 9 heteroatoms. The van der Waals surface area contributed by atoms with E-state index in [1.165, 1.54) is 0 Å². The van der Waals surface area contributed by atoms with Crippen molar-refractivity contribution in [2.45, 2.75) is 0 Å². The van der Waals surface area contributed by atoms with Crippen molar-refractivity contribution < 1.29 is 21.4 Å². The summed E-state index contributed by atoms with van der Waals surface area (Å²) in [6, 6.07) is 0. The normalized spacial score (nSPS) is 22.5. The van der Waals surface area contributed by atoms with E-state index in [9.17, 15) is 16.8 Å². The number of rotatable bonds is 1. The zero-order valence-corrected chi connectivity index (χ0v) is 7.33. The second-order valence-corrected chi connectivity index (χ2v) is 6.51. The lowest BCUT2D eigenvalue weighted by atomic mass is 11.1. The van der Waals surface area contributed by atoms with Gasteiger partial charge in [0.2, 0.25) is 8.87 Å². The summed E-state index contributed by atoms with van der Waals surface area (Å²) >= 11 is 0. The molecule has 0 aliphatic carbocycles. The Kier molecular flexibility index (Phi) is 1.90. The van der Waals surface area contributed by atoms with E-state index in [0.29, 0.717) is 5.41 Å². The molecule has 1 aliphatic heterocycles.